The Balaban J connectivity index is 2.01. The molecule has 0 heterocycles. The van der Waals surface area contributed by atoms with Crippen molar-refractivity contribution in [2.24, 2.45) is 5.10 Å². The summed E-state index contributed by atoms with van der Waals surface area (Å²) < 4.78 is 11.0. The van der Waals surface area contributed by atoms with Gasteiger partial charge < -0.3 is 14.6 Å². The van der Waals surface area contributed by atoms with Gasteiger partial charge in [-0.15, -0.1) is 0 Å². The van der Waals surface area contributed by atoms with Crippen molar-refractivity contribution < 1.29 is 19.4 Å². The van der Waals surface area contributed by atoms with E-state index in [2.05, 4.69) is 26.5 Å². The first kappa shape index (κ1) is 19.1. The predicted octanol–water partition coefficient (Wildman–Crippen LogP) is 3.52. The predicted molar refractivity (Wildman–Crippen MR) is 99.8 cm³/mol. The van der Waals surface area contributed by atoms with Gasteiger partial charge in [0, 0.05) is 10.0 Å². The average molecular weight is 428 g/mol. The quantitative estimate of drug-likeness (QED) is 0.546. The number of nitrogens with zero attached hydrogens (tertiary/aromatic N) is 1. The van der Waals surface area contributed by atoms with Gasteiger partial charge in [0.1, 0.15) is 5.75 Å². The Kier molecular flexibility index (Phi) is 6.66. The molecule has 0 bridgehead atoms. The van der Waals surface area contributed by atoms with Gasteiger partial charge in [-0.2, -0.15) is 5.10 Å². The fraction of sp³-hybridized carbons (Fsp3) is 0.176. The van der Waals surface area contributed by atoms with Crippen LogP contribution in [0.3, 0.4) is 0 Å². The Bertz CT molecular complexity index is 811. The van der Waals surface area contributed by atoms with Crippen LogP contribution in [0.25, 0.3) is 0 Å². The first-order valence-corrected chi connectivity index (χ1v) is 8.32. The van der Waals surface area contributed by atoms with Crippen LogP contribution in [0.5, 0.6) is 17.2 Å². The molecular formula is C17H16BrClN2O4. The van der Waals surface area contributed by atoms with Gasteiger partial charge >= 0.3 is 0 Å². The number of rotatable bonds is 6. The number of hydrogen-bond acceptors (Lipinski definition) is 5. The van der Waals surface area contributed by atoms with Gasteiger partial charge in [-0.25, -0.2) is 5.43 Å². The lowest BCUT2D eigenvalue weighted by atomic mass is 10.1. The largest absolute Gasteiger partial charge is 0.506 e. The molecule has 2 aromatic carbocycles. The maximum Gasteiger partial charge on any atom is 0.244 e. The summed E-state index contributed by atoms with van der Waals surface area (Å²) in [6, 6.07) is 8.41. The van der Waals surface area contributed by atoms with Gasteiger partial charge in [0.15, 0.2) is 11.5 Å². The number of hydrogen-bond donors (Lipinski definition) is 2. The molecule has 0 aromatic heterocycles. The lowest BCUT2D eigenvalue weighted by Crippen LogP contribution is -2.19. The molecule has 6 nitrogen and oxygen atoms in total. The topological polar surface area (TPSA) is 80.2 Å². The fourth-order valence-electron chi connectivity index (χ4n) is 2.07. The highest BCUT2D eigenvalue weighted by atomic mass is 79.9. The molecule has 0 radical (unpaired) electrons. The van der Waals surface area contributed by atoms with Gasteiger partial charge in [0.05, 0.1) is 31.9 Å². The number of phenolic OH excluding ortho intramolecular Hbond substituents is 1. The minimum atomic E-state index is -0.316. The van der Waals surface area contributed by atoms with E-state index in [-0.39, 0.29) is 23.1 Å². The molecule has 0 aliphatic rings. The molecule has 25 heavy (non-hydrogen) atoms. The summed E-state index contributed by atoms with van der Waals surface area (Å²) in [6.07, 6.45) is 1.43. The molecule has 132 valence electrons. The maximum absolute atomic E-state index is 12.0. The zero-order chi connectivity index (χ0) is 18.4. The van der Waals surface area contributed by atoms with E-state index in [0.717, 1.165) is 5.56 Å². The normalized spacial score (nSPS) is 10.7. The van der Waals surface area contributed by atoms with Crippen LogP contribution >= 0.6 is 27.5 Å². The number of hydrazone groups is 1. The summed E-state index contributed by atoms with van der Waals surface area (Å²) >= 11 is 9.14. The Hall–Kier alpha value is -2.25. The zero-order valence-electron chi connectivity index (χ0n) is 13.5. The highest BCUT2D eigenvalue weighted by Crippen LogP contribution is 2.30. The first-order chi connectivity index (χ1) is 11.9. The molecule has 0 saturated heterocycles. The Morgan fingerprint density at radius 3 is 2.68 bits per heavy atom. The number of methoxy groups -OCH3 is 2. The lowest BCUT2D eigenvalue weighted by Gasteiger charge is -2.09. The number of aromatic hydroxyl groups is 1. The molecule has 0 atom stereocenters. The second-order valence-corrected chi connectivity index (χ2v) is 6.31. The van der Waals surface area contributed by atoms with Crippen molar-refractivity contribution in [1.29, 1.82) is 0 Å². The molecular weight excluding hydrogens is 412 g/mol. The second kappa shape index (κ2) is 8.73. The lowest BCUT2D eigenvalue weighted by molar-refractivity contribution is -0.120. The number of nitrogens with one attached hydrogen (secondary N) is 1. The van der Waals surface area contributed by atoms with Gasteiger partial charge in [0.2, 0.25) is 5.91 Å². The monoisotopic (exact) mass is 426 g/mol. The Morgan fingerprint density at radius 2 is 2.00 bits per heavy atom. The van der Waals surface area contributed by atoms with Crippen LogP contribution in [-0.4, -0.2) is 31.4 Å². The van der Waals surface area contributed by atoms with Crippen molar-refractivity contribution in [3.8, 4) is 17.2 Å². The number of carbonyl (C=O) groups is 1. The smallest absolute Gasteiger partial charge is 0.244 e. The molecule has 1 amide bonds. The summed E-state index contributed by atoms with van der Waals surface area (Å²) in [5.74, 6) is 0.712. The Labute approximate surface area is 158 Å². The SMILES string of the molecule is COc1ccc(CC(=O)NN=Cc2cc(Br)cc(Cl)c2O)cc1OC. The van der Waals surface area contributed by atoms with Gasteiger partial charge in [-0.1, -0.05) is 33.6 Å². The number of carbonyl (C=O) groups excluding carboxylic acids is 1. The van der Waals surface area contributed by atoms with E-state index in [1.807, 2.05) is 0 Å². The second-order valence-electron chi connectivity index (χ2n) is 4.98. The van der Waals surface area contributed by atoms with Gasteiger partial charge in [-0.05, 0) is 29.8 Å². The molecule has 0 aliphatic heterocycles. The van der Waals surface area contributed by atoms with Crippen molar-refractivity contribution >= 4 is 39.7 Å². The third-order valence-corrected chi connectivity index (χ3v) is 4.01. The van der Waals surface area contributed by atoms with Gasteiger partial charge in [-0.3, -0.25) is 4.79 Å². The summed E-state index contributed by atoms with van der Waals surface area (Å²) in [5.41, 5.74) is 3.53. The van der Waals surface area contributed by atoms with Crippen molar-refractivity contribution in [1.82, 2.24) is 5.43 Å². The van der Waals surface area contributed by atoms with E-state index in [1.165, 1.54) is 13.3 Å². The molecule has 2 aromatic rings. The van der Waals surface area contributed by atoms with Crippen molar-refractivity contribution in [2.45, 2.75) is 6.42 Å². The molecule has 0 unspecified atom stereocenters. The molecule has 2 N–H and O–H groups in total. The number of halogens is 2. The molecule has 0 fully saturated rings. The standard InChI is InChI=1S/C17H16BrClN2O4/c1-24-14-4-3-10(5-15(14)25-2)6-16(22)21-20-9-11-7-12(18)8-13(19)17(11)23/h3-5,7-9,23H,6H2,1-2H3,(H,21,22). The molecule has 0 saturated carbocycles. The van der Waals surface area contributed by atoms with Crippen LogP contribution in [0, 0.1) is 0 Å². The summed E-state index contributed by atoms with van der Waals surface area (Å²) in [4.78, 5) is 12.0. The third-order valence-electron chi connectivity index (χ3n) is 3.26. The molecule has 2 rings (SSSR count). The summed E-state index contributed by atoms with van der Waals surface area (Å²) in [7, 11) is 3.07. The number of benzene rings is 2. The Morgan fingerprint density at radius 1 is 1.28 bits per heavy atom. The summed E-state index contributed by atoms with van der Waals surface area (Å²) in [6.45, 7) is 0. The van der Waals surface area contributed by atoms with Crippen LogP contribution in [0.15, 0.2) is 39.9 Å². The van der Waals surface area contributed by atoms with E-state index in [4.69, 9.17) is 21.1 Å². The maximum atomic E-state index is 12.0. The van der Waals surface area contributed by atoms with E-state index in [0.29, 0.717) is 21.5 Å². The van der Waals surface area contributed by atoms with Crippen LogP contribution in [0.1, 0.15) is 11.1 Å². The number of phenols is 1. The molecule has 0 aliphatic carbocycles. The average Bonchev–Trinajstić information content (AvgIpc) is 2.58. The highest BCUT2D eigenvalue weighted by molar-refractivity contribution is 9.10. The minimum absolute atomic E-state index is 0.109. The fourth-order valence-corrected chi connectivity index (χ4v) is 2.91. The van der Waals surface area contributed by atoms with Crippen molar-refractivity contribution in [3.05, 3.63) is 51.0 Å². The zero-order valence-corrected chi connectivity index (χ0v) is 15.9. The van der Waals surface area contributed by atoms with Crippen LogP contribution in [0.4, 0.5) is 0 Å². The number of amides is 1. The first-order valence-electron chi connectivity index (χ1n) is 7.15. The third kappa shape index (κ3) is 5.11. The summed E-state index contributed by atoms with van der Waals surface area (Å²) in [5, 5.41) is 13.9. The van der Waals surface area contributed by atoms with Crippen molar-refractivity contribution in [2.75, 3.05) is 14.2 Å². The van der Waals surface area contributed by atoms with E-state index >= 15 is 0 Å². The van der Waals surface area contributed by atoms with Crippen molar-refractivity contribution in [3.63, 3.8) is 0 Å². The minimum Gasteiger partial charge on any atom is -0.506 e. The molecule has 8 heteroatoms. The van der Waals surface area contributed by atoms with Gasteiger partial charge in [0.25, 0.3) is 0 Å². The highest BCUT2D eigenvalue weighted by Gasteiger charge is 2.09. The molecule has 0 spiro atoms. The van der Waals surface area contributed by atoms with E-state index in [9.17, 15) is 9.90 Å². The van der Waals surface area contributed by atoms with E-state index in [1.54, 1.807) is 37.4 Å². The number of ether oxygens (including phenoxy) is 2. The van der Waals surface area contributed by atoms with E-state index < -0.39 is 0 Å². The van der Waals surface area contributed by atoms with Crippen LogP contribution < -0.4 is 14.9 Å². The van der Waals surface area contributed by atoms with Crippen LogP contribution in [-0.2, 0) is 11.2 Å². The van der Waals surface area contributed by atoms with Crippen LogP contribution in [0.2, 0.25) is 5.02 Å².